The fraction of sp³-hybridized carbons (Fsp3) is 0.278. The molecule has 5 nitrogen and oxygen atoms in total. The van der Waals surface area contributed by atoms with Gasteiger partial charge in [-0.05, 0) is 43.8 Å². The Morgan fingerprint density at radius 1 is 1.25 bits per heavy atom. The zero-order chi connectivity index (χ0) is 16.9. The molecule has 0 amide bonds. The lowest BCUT2D eigenvalue weighted by atomic mass is 10.1. The highest BCUT2D eigenvalue weighted by Gasteiger charge is 2.15. The smallest absolute Gasteiger partial charge is 0.123 e. The van der Waals surface area contributed by atoms with Crippen molar-refractivity contribution in [3.8, 4) is 5.69 Å². The molecular weight excluding hydrogens is 305 g/mol. The van der Waals surface area contributed by atoms with Gasteiger partial charge in [0, 0.05) is 50.0 Å². The summed E-state index contributed by atoms with van der Waals surface area (Å²) in [4.78, 5) is 10.6. The van der Waals surface area contributed by atoms with Crippen molar-refractivity contribution in [3.63, 3.8) is 0 Å². The van der Waals surface area contributed by atoms with Gasteiger partial charge in [-0.3, -0.25) is 14.9 Å². The van der Waals surface area contributed by atoms with Crippen LogP contribution in [0.15, 0.2) is 55.2 Å². The minimum atomic E-state index is -0.240. The summed E-state index contributed by atoms with van der Waals surface area (Å²) in [5.74, 6) is -0.240. The van der Waals surface area contributed by atoms with Gasteiger partial charge in [-0.1, -0.05) is 0 Å². The molecule has 1 unspecified atom stereocenters. The van der Waals surface area contributed by atoms with Crippen LogP contribution in [0.5, 0.6) is 0 Å². The molecule has 2 heterocycles. The summed E-state index contributed by atoms with van der Waals surface area (Å²) in [6.07, 6.45) is 9.51. The van der Waals surface area contributed by atoms with Crippen LogP contribution in [0.1, 0.15) is 18.2 Å². The third-order valence-corrected chi connectivity index (χ3v) is 4.09. The number of aromatic nitrogens is 4. The fourth-order valence-corrected chi connectivity index (χ4v) is 2.63. The van der Waals surface area contributed by atoms with E-state index in [9.17, 15) is 4.39 Å². The molecule has 0 aliphatic carbocycles. The summed E-state index contributed by atoms with van der Waals surface area (Å²) in [7, 11) is 2.03. The van der Waals surface area contributed by atoms with Crippen LogP contribution in [0.3, 0.4) is 0 Å². The van der Waals surface area contributed by atoms with Gasteiger partial charge in [-0.25, -0.2) is 9.07 Å². The first kappa shape index (κ1) is 16.3. The van der Waals surface area contributed by atoms with E-state index in [1.165, 1.54) is 6.07 Å². The van der Waals surface area contributed by atoms with Gasteiger partial charge in [0.25, 0.3) is 0 Å². The van der Waals surface area contributed by atoms with Gasteiger partial charge in [0.1, 0.15) is 5.82 Å². The third kappa shape index (κ3) is 3.83. The van der Waals surface area contributed by atoms with Gasteiger partial charge >= 0.3 is 0 Å². The average Bonchev–Trinajstić information content (AvgIpc) is 3.10. The first-order valence-corrected chi connectivity index (χ1v) is 7.87. The molecule has 0 bridgehead atoms. The Balaban J connectivity index is 1.76. The molecule has 3 rings (SSSR count). The number of halogens is 1. The van der Waals surface area contributed by atoms with E-state index < -0.39 is 0 Å². The van der Waals surface area contributed by atoms with Crippen molar-refractivity contribution in [1.82, 2.24) is 24.6 Å². The van der Waals surface area contributed by atoms with Crippen molar-refractivity contribution >= 4 is 0 Å². The Morgan fingerprint density at radius 3 is 2.83 bits per heavy atom. The third-order valence-electron chi connectivity index (χ3n) is 4.09. The van der Waals surface area contributed by atoms with Crippen molar-refractivity contribution < 1.29 is 4.39 Å². The zero-order valence-corrected chi connectivity index (χ0v) is 13.8. The van der Waals surface area contributed by atoms with E-state index in [1.54, 1.807) is 41.6 Å². The van der Waals surface area contributed by atoms with E-state index >= 15 is 0 Å². The first-order valence-electron chi connectivity index (χ1n) is 7.87. The van der Waals surface area contributed by atoms with Gasteiger partial charge in [0.05, 0.1) is 11.4 Å². The average molecular weight is 325 g/mol. The second-order valence-corrected chi connectivity index (χ2v) is 5.89. The number of nitrogens with zero attached hydrogens (tertiary/aromatic N) is 5. The highest BCUT2D eigenvalue weighted by Crippen LogP contribution is 2.18. The molecule has 0 fully saturated rings. The highest BCUT2D eigenvalue weighted by atomic mass is 19.1. The van der Waals surface area contributed by atoms with Gasteiger partial charge < -0.3 is 0 Å². The maximum absolute atomic E-state index is 13.7. The Labute approximate surface area is 140 Å². The predicted octanol–water partition coefficient (Wildman–Crippen LogP) is 2.86. The standard InChI is InChI=1S/C18H20FN5/c1-14(10-17-12-20-7-8-21-17)23(2)13-15-11-16(19)4-5-18(15)24-9-3-6-22-24/h3-9,11-12,14H,10,13H2,1-2H3. The minimum absolute atomic E-state index is 0.240. The SMILES string of the molecule is CC(Cc1cnccn1)N(C)Cc1cc(F)ccc1-n1cccn1. The van der Waals surface area contributed by atoms with E-state index in [-0.39, 0.29) is 11.9 Å². The number of hydrogen-bond acceptors (Lipinski definition) is 4. The summed E-state index contributed by atoms with van der Waals surface area (Å²) >= 11 is 0. The van der Waals surface area contributed by atoms with Crippen LogP contribution in [0.2, 0.25) is 0 Å². The zero-order valence-electron chi connectivity index (χ0n) is 13.8. The van der Waals surface area contributed by atoms with Crippen LogP contribution < -0.4 is 0 Å². The van der Waals surface area contributed by atoms with Crippen molar-refractivity contribution in [1.29, 1.82) is 0 Å². The van der Waals surface area contributed by atoms with Crippen molar-refractivity contribution in [2.75, 3.05) is 7.05 Å². The minimum Gasteiger partial charge on any atom is -0.299 e. The first-order chi connectivity index (χ1) is 11.6. The van der Waals surface area contributed by atoms with Crippen molar-refractivity contribution in [2.24, 2.45) is 0 Å². The number of benzene rings is 1. The van der Waals surface area contributed by atoms with E-state index in [2.05, 4.69) is 26.9 Å². The molecule has 1 atom stereocenters. The molecule has 24 heavy (non-hydrogen) atoms. The van der Waals surface area contributed by atoms with Crippen molar-refractivity contribution in [3.05, 3.63) is 72.3 Å². The topological polar surface area (TPSA) is 46.8 Å². The van der Waals surface area contributed by atoms with Crippen LogP contribution in [-0.4, -0.2) is 37.7 Å². The molecule has 0 saturated carbocycles. The number of likely N-dealkylation sites (N-methyl/N-ethyl adjacent to an activating group) is 1. The molecule has 2 aromatic heterocycles. The van der Waals surface area contributed by atoms with Crippen LogP contribution in [0.25, 0.3) is 5.69 Å². The summed E-state index contributed by atoms with van der Waals surface area (Å²) < 4.78 is 15.5. The Morgan fingerprint density at radius 2 is 2.12 bits per heavy atom. The maximum Gasteiger partial charge on any atom is 0.123 e. The lowest BCUT2D eigenvalue weighted by Gasteiger charge is -2.25. The molecule has 0 radical (unpaired) electrons. The molecule has 0 saturated heterocycles. The summed E-state index contributed by atoms with van der Waals surface area (Å²) in [6.45, 7) is 2.75. The molecular formula is C18H20FN5. The monoisotopic (exact) mass is 325 g/mol. The Hall–Kier alpha value is -2.60. The van der Waals surface area contributed by atoms with Gasteiger partial charge in [0.2, 0.25) is 0 Å². The van der Waals surface area contributed by atoms with E-state index in [0.29, 0.717) is 6.54 Å². The van der Waals surface area contributed by atoms with Crippen molar-refractivity contribution in [2.45, 2.75) is 25.9 Å². The summed E-state index contributed by atoms with van der Waals surface area (Å²) in [5, 5.41) is 4.25. The lowest BCUT2D eigenvalue weighted by Crippen LogP contribution is -2.31. The summed E-state index contributed by atoms with van der Waals surface area (Å²) in [6, 6.07) is 6.90. The van der Waals surface area contributed by atoms with Gasteiger partial charge in [-0.2, -0.15) is 5.10 Å². The molecule has 1 aromatic carbocycles. The molecule has 6 heteroatoms. The lowest BCUT2D eigenvalue weighted by molar-refractivity contribution is 0.246. The molecule has 0 spiro atoms. The van der Waals surface area contributed by atoms with E-state index in [0.717, 1.165) is 23.4 Å². The van der Waals surface area contributed by atoms with Gasteiger partial charge in [0.15, 0.2) is 0 Å². The number of hydrogen-bond donors (Lipinski definition) is 0. The quantitative estimate of drug-likeness (QED) is 0.699. The normalized spacial score (nSPS) is 12.5. The molecule has 0 aliphatic rings. The second-order valence-electron chi connectivity index (χ2n) is 5.89. The fourth-order valence-electron chi connectivity index (χ4n) is 2.63. The predicted molar refractivity (Wildman–Crippen MR) is 90.2 cm³/mol. The highest BCUT2D eigenvalue weighted by molar-refractivity contribution is 5.40. The largest absolute Gasteiger partial charge is 0.299 e. The van der Waals surface area contributed by atoms with E-state index in [1.807, 2.05) is 19.3 Å². The summed E-state index contributed by atoms with van der Waals surface area (Å²) in [5.41, 5.74) is 2.73. The van der Waals surface area contributed by atoms with Gasteiger partial charge in [-0.15, -0.1) is 0 Å². The molecule has 0 aliphatic heterocycles. The Kier molecular flexibility index (Phi) is 4.96. The molecule has 124 valence electrons. The van der Waals surface area contributed by atoms with Crippen LogP contribution >= 0.6 is 0 Å². The van der Waals surface area contributed by atoms with Crippen LogP contribution in [0.4, 0.5) is 4.39 Å². The molecule has 0 N–H and O–H groups in total. The van der Waals surface area contributed by atoms with Crippen LogP contribution in [0, 0.1) is 5.82 Å². The van der Waals surface area contributed by atoms with E-state index in [4.69, 9.17) is 0 Å². The number of rotatable bonds is 6. The maximum atomic E-state index is 13.7. The van der Waals surface area contributed by atoms with Crippen LogP contribution in [-0.2, 0) is 13.0 Å². The Bertz CT molecular complexity index is 773. The molecule has 3 aromatic rings. The second kappa shape index (κ2) is 7.31.